The minimum Gasteiger partial charge on any atom is -0.326 e. The van der Waals surface area contributed by atoms with Crippen molar-refractivity contribution in [2.45, 2.75) is 19.8 Å². The van der Waals surface area contributed by atoms with Gasteiger partial charge in [-0.3, -0.25) is 4.79 Å². The summed E-state index contributed by atoms with van der Waals surface area (Å²) in [5.74, 6) is 0.0868. The Balaban J connectivity index is 0.00000144. The van der Waals surface area contributed by atoms with Gasteiger partial charge in [-0.05, 0) is 18.6 Å². The van der Waals surface area contributed by atoms with Gasteiger partial charge in [0.05, 0.1) is 0 Å². The maximum Gasteiger partial charge on any atom is 0.224 e. The van der Waals surface area contributed by atoms with Crippen LogP contribution in [0.3, 0.4) is 0 Å². The van der Waals surface area contributed by atoms with Crippen molar-refractivity contribution >= 4 is 11.6 Å². The molecule has 2 nitrogen and oxygen atoms in total. The molecule has 2 heteroatoms. The van der Waals surface area contributed by atoms with E-state index in [-0.39, 0.29) is 7.33 Å². The van der Waals surface area contributed by atoms with Crippen molar-refractivity contribution in [1.82, 2.24) is 0 Å². The Hall–Kier alpha value is -1.31. The molecular weight excluding hydrogens is 150 g/mol. The summed E-state index contributed by atoms with van der Waals surface area (Å²) >= 11 is 0. The van der Waals surface area contributed by atoms with Gasteiger partial charge in [0, 0.05) is 13.5 Å². The zero-order valence-electron chi connectivity index (χ0n) is 7.21. The van der Waals surface area contributed by atoms with E-state index < -0.39 is 0 Å². The lowest BCUT2D eigenvalue weighted by atomic mass is 10.3. The van der Waals surface area contributed by atoms with Crippen LogP contribution in [0, 0.1) is 0 Å². The first-order valence-corrected chi connectivity index (χ1v) is 4.18. The number of rotatable bonds is 3. The van der Waals surface area contributed by atoms with Crippen LogP contribution in [0.4, 0.5) is 5.69 Å². The van der Waals surface area contributed by atoms with Gasteiger partial charge in [-0.15, -0.1) is 0 Å². The zero-order valence-corrected chi connectivity index (χ0v) is 7.21. The Bertz CT molecular complexity index is 248. The summed E-state index contributed by atoms with van der Waals surface area (Å²) in [7, 11) is 0. The maximum atomic E-state index is 11.1. The predicted octanol–water partition coefficient (Wildman–Crippen LogP) is 2.67. The molecule has 0 radical (unpaired) electrons. The van der Waals surface area contributed by atoms with Gasteiger partial charge in [-0.2, -0.15) is 0 Å². The Kier molecular flexibility index (Phi) is 3.33. The molecule has 0 aromatic heterocycles. The monoisotopic (exact) mass is 165 g/mol. The Morgan fingerprint density at radius 3 is 2.67 bits per heavy atom. The van der Waals surface area contributed by atoms with Gasteiger partial charge in [0.2, 0.25) is 5.91 Å². The molecule has 0 spiro atoms. The standard InChI is InChI=1S/C10H13NO.H2/c1-2-6-10(12)11-9-7-4-3-5-8-9;/h3-5,7-8H,2,6H2,1H3,(H,11,12);1H. The number of carbonyl (C=O) groups is 1. The molecule has 1 aromatic carbocycles. The van der Waals surface area contributed by atoms with Gasteiger partial charge < -0.3 is 5.32 Å². The average molecular weight is 165 g/mol. The fourth-order valence-corrected chi connectivity index (χ4v) is 0.972. The van der Waals surface area contributed by atoms with E-state index in [2.05, 4.69) is 5.32 Å². The smallest absolute Gasteiger partial charge is 0.224 e. The molecule has 0 atom stereocenters. The summed E-state index contributed by atoms with van der Waals surface area (Å²) in [6.45, 7) is 1.99. The lowest BCUT2D eigenvalue weighted by Crippen LogP contribution is -2.10. The van der Waals surface area contributed by atoms with Crippen molar-refractivity contribution in [2.75, 3.05) is 5.32 Å². The van der Waals surface area contributed by atoms with Crippen molar-refractivity contribution in [3.8, 4) is 0 Å². The van der Waals surface area contributed by atoms with Crippen LogP contribution in [0.1, 0.15) is 21.2 Å². The topological polar surface area (TPSA) is 29.1 Å². The molecule has 0 saturated heterocycles. The third kappa shape index (κ3) is 2.74. The molecule has 12 heavy (non-hydrogen) atoms. The lowest BCUT2D eigenvalue weighted by molar-refractivity contribution is -0.116. The van der Waals surface area contributed by atoms with Gasteiger partial charge in [0.15, 0.2) is 0 Å². The SMILES string of the molecule is CCCC(=O)Nc1ccccc1.[HH]. The number of hydrogen-bond donors (Lipinski definition) is 1. The molecule has 0 aliphatic rings. The van der Waals surface area contributed by atoms with Crippen molar-refractivity contribution in [3.05, 3.63) is 30.3 Å². The molecule has 1 N–H and O–H groups in total. The van der Waals surface area contributed by atoms with Crippen LogP contribution in [0.2, 0.25) is 0 Å². The molecule has 1 rings (SSSR count). The molecule has 0 bridgehead atoms. The molecule has 0 heterocycles. The molecule has 0 unspecified atom stereocenters. The van der Waals surface area contributed by atoms with Gasteiger partial charge >= 0.3 is 0 Å². The predicted molar refractivity (Wildman–Crippen MR) is 52.1 cm³/mol. The third-order valence-corrected chi connectivity index (χ3v) is 1.53. The maximum absolute atomic E-state index is 11.1. The molecule has 1 amide bonds. The van der Waals surface area contributed by atoms with Crippen molar-refractivity contribution in [2.24, 2.45) is 0 Å². The van der Waals surface area contributed by atoms with Crippen molar-refractivity contribution in [1.29, 1.82) is 0 Å². The van der Waals surface area contributed by atoms with E-state index in [9.17, 15) is 4.79 Å². The van der Waals surface area contributed by atoms with Crippen LogP contribution in [-0.4, -0.2) is 5.91 Å². The first kappa shape index (κ1) is 8.78. The number of anilines is 1. The second-order valence-electron chi connectivity index (χ2n) is 2.66. The van der Waals surface area contributed by atoms with E-state index in [1.807, 2.05) is 37.3 Å². The summed E-state index contributed by atoms with van der Waals surface area (Å²) < 4.78 is 0. The first-order valence-electron chi connectivity index (χ1n) is 4.18. The quantitative estimate of drug-likeness (QED) is 0.733. The number of amides is 1. The van der Waals surface area contributed by atoms with E-state index in [0.29, 0.717) is 6.42 Å². The van der Waals surface area contributed by atoms with Crippen LogP contribution in [-0.2, 0) is 4.79 Å². The van der Waals surface area contributed by atoms with Crippen molar-refractivity contribution < 1.29 is 6.22 Å². The van der Waals surface area contributed by atoms with Gasteiger partial charge in [0.25, 0.3) is 0 Å². The largest absolute Gasteiger partial charge is 0.326 e. The van der Waals surface area contributed by atoms with E-state index in [4.69, 9.17) is 0 Å². The van der Waals surface area contributed by atoms with E-state index in [0.717, 1.165) is 12.1 Å². The summed E-state index contributed by atoms with van der Waals surface area (Å²) in [6, 6.07) is 9.50. The van der Waals surface area contributed by atoms with Gasteiger partial charge in [0.1, 0.15) is 0 Å². The number of nitrogens with one attached hydrogen (secondary N) is 1. The molecule has 0 aliphatic carbocycles. The summed E-state index contributed by atoms with van der Waals surface area (Å²) in [5.41, 5.74) is 0.871. The number of benzene rings is 1. The van der Waals surface area contributed by atoms with Crippen LogP contribution >= 0.6 is 0 Å². The Morgan fingerprint density at radius 1 is 1.42 bits per heavy atom. The Labute approximate surface area is 74.1 Å². The van der Waals surface area contributed by atoms with Crippen LogP contribution in [0.15, 0.2) is 30.3 Å². The summed E-state index contributed by atoms with van der Waals surface area (Å²) in [5, 5.41) is 2.80. The highest BCUT2D eigenvalue weighted by Crippen LogP contribution is 2.05. The lowest BCUT2D eigenvalue weighted by Gasteiger charge is -2.02. The molecule has 0 aliphatic heterocycles. The molecule has 1 aromatic rings. The number of para-hydroxylation sites is 1. The van der Waals surface area contributed by atoms with E-state index in [1.165, 1.54) is 0 Å². The second-order valence-corrected chi connectivity index (χ2v) is 2.66. The first-order chi connectivity index (χ1) is 5.83. The second kappa shape index (κ2) is 4.54. The average Bonchev–Trinajstić information content (AvgIpc) is 2.06. The fourth-order valence-electron chi connectivity index (χ4n) is 0.972. The highest BCUT2D eigenvalue weighted by molar-refractivity contribution is 5.90. The number of hydrogen-bond acceptors (Lipinski definition) is 1. The van der Waals surface area contributed by atoms with Gasteiger partial charge in [-0.25, -0.2) is 0 Å². The minimum atomic E-state index is 0. The van der Waals surface area contributed by atoms with Crippen molar-refractivity contribution in [3.63, 3.8) is 0 Å². The molecular formula is C10H15NO. The molecule has 0 fully saturated rings. The highest BCUT2D eigenvalue weighted by Gasteiger charge is 1.97. The Morgan fingerprint density at radius 2 is 2.08 bits per heavy atom. The third-order valence-electron chi connectivity index (χ3n) is 1.53. The molecule has 66 valence electrons. The number of carbonyl (C=O) groups excluding carboxylic acids is 1. The van der Waals surface area contributed by atoms with E-state index >= 15 is 0 Å². The molecule has 0 saturated carbocycles. The van der Waals surface area contributed by atoms with Crippen LogP contribution < -0.4 is 5.32 Å². The van der Waals surface area contributed by atoms with Crippen LogP contribution in [0.5, 0.6) is 0 Å². The summed E-state index contributed by atoms with van der Waals surface area (Å²) in [6.07, 6.45) is 1.48. The normalized spacial score (nSPS) is 9.42. The van der Waals surface area contributed by atoms with E-state index in [1.54, 1.807) is 0 Å². The minimum absolute atomic E-state index is 0. The highest BCUT2D eigenvalue weighted by atomic mass is 16.1. The van der Waals surface area contributed by atoms with Gasteiger partial charge in [-0.1, -0.05) is 25.1 Å². The summed E-state index contributed by atoms with van der Waals surface area (Å²) in [4.78, 5) is 11.1. The van der Waals surface area contributed by atoms with Crippen LogP contribution in [0.25, 0.3) is 0 Å². The zero-order chi connectivity index (χ0) is 8.81. The fraction of sp³-hybridized carbons (Fsp3) is 0.300.